The maximum absolute atomic E-state index is 12.3. The van der Waals surface area contributed by atoms with E-state index >= 15 is 0 Å². The van der Waals surface area contributed by atoms with Gasteiger partial charge in [-0.25, -0.2) is 4.98 Å². The fourth-order valence-electron chi connectivity index (χ4n) is 2.99. The first kappa shape index (κ1) is 13.6. The average molecular weight is 276 g/mol. The third-order valence-electron chi connectivity index (χ3n) is 4.71. The standard InChI is InChI=1S/C15H24N4O/c1-11(14(20)18-12-3-4-12)19-10-17-9-13(19)15(2)5-7-16-8-6-15/h9-12,16H,3-8H2,1-2H3,(H,18,20). The molecule has 1 aromatic heterocycles. The molecule has 0 radical (unpaired) electrons. The number of carbonyl (C=O) groups excluding carboxylic acids is 1. The van der Waals surface area contributed by atoms with Gasteiger partial charge in [-0.3, -0.25) is 4.79 Å². The fraction of sp³-hybridized carbons (Fsp3) is 0.733. The van der Waals surface area contributed by atoms with Gasteiger partial charge < -0.3 is 15.2 Å². The highest BCUT2D eigenvalue weighted by atomic mass is 16.2. The minimum absolute atomic E-state index is 0.115. The first-order chi connectivity index (χ1) is 9.60. The zero-order chi connectivity index (χ0) is 14.2. The quantitative estimate of drug-likeness (QED) is 0.873. The van der Waals surface area contributed by atoms with E-state index in [9.17, 15) is 4.79 Å². The minimum Gasteiger partial charge on any atom is -0.352 e. The molecule has 1 saturated heterocycles. The van der Waals surface area contributed by atoms with Crippen LogP contribution in [-0.2, 0) is 10.2 Å². The smallest absolute Gasteiger partial charge is 0.243 e. The molecule has 1 aromatic rings. The van der Waals surface area contributed by atoms with E-state index in [-0.39, 0.29) is 17.4 Å². The van der Waals surface area contributed by atoms with Crippen molar-refractivity contribution in [2.75, 3.05) is 13.1 Å². The van der Waals surface area contributed by atoms with Crippen molar-refractivity contribution in [1.82, 2.24) is 20.2 Å². The van der Waals surface area contributed by atoms with Gasteiger partial charge >= 0.3 is 0 Å². The van der Waals surface area contributed by atoms with Gasteiger partial charge in [-0.2, -0.15) is 0 Å². The third kappa shape index (κ3) is 2.59. The second kappa shape index (κ2) is 5.20. The molecular formula is C15H24N4O. The lowest BCUT2D eigenvalue weighted by Crippen LogP contribution is -2.40. The largest absolute Gasteiger partial charge is 0.352 e. The lowest BCUT2D eigenvalue weighted by atomic mass is 9.78. The van der Waals surface area contributed by atoms with Gasteiger partial charge in [0.15, 0.2) is 0 Å². The summed E-state index contributed by atoms with van der Waals surface area (Å²) in [5.74, 6) is 0.115. The molecule has 2 fully saturated rings. The fourth-order valence-corrected chi connectivity index (χ4v) is 2.99. The Labute approximate surface area is 120 Å². The van der Waals surface area contributed by atoms with Crippen LogP contribution < -0.4 is 10.6 Å². The molecule has 5 nitrogen and oxygen atoms in total. The number of piperidine rings is 1. The van der Waals surface area contributed by atoms with Gasteiger partial charge in [0.25, 0.3) is 0 Å². The van der Waals surface area contributed by atoms with Crippen molar-refractivity contribution in [2.45, 2.75) is 57.0 Å². The molecule has 5 heteroatoms. The van der Waals surface area contributed by atoms with E-state index < -0.39 is 0 Å². The zero-order valence-electron chi connectivity index (χ0n) is 12.4. The first-order valence-corrected chi connectivity index (χ1v) is 7.63. The maximum atomic E-state index is 12.3. The summed E-state index contributed by atoms with van der Waals surface area (Å²) in [4.78, 5) is 16.6. The van der Waals surface area contributed by atoms with Gasteiger partial charge in [0.2, 0.25) is 5.91 Å². The zero-order valence-corrected chi connectivity index (χ0v) is 12.4. The first-order valence-electron chi connectivity index (χ1n) is 7.63. The molecule has 1 aliphatic carbocycles. The van der Waals surface area contributed by atoms with Crippen molar-refractivity contribution in [3.05, 3.63) is 18.2 Å². The Morgan fingerprint density at radius 1 is 1.50 bits per heavy atom. The van der Waals surface area contributed by atoms with Crippen LogP contribution in [0.2, 0.25) is 0 Å². The van der Waals surface area contributed by atoms with Crippen LogP contribution in [0.15, 0.2) is 12.5 Å². The van der Waals surface area contributed by atoms with E-state index in [1.807, 2.05) is 13.1 Å². The molecule has 2 aliphatic rings. The number of hydrogen-bond donors (Lipinski definition) is 2. The molecule has 3 rings (SSSR count). The lowest BCUT2D eigenvalue weighted by molar-refractivity contribution is -0.124. The summed E-state index contributed by atoms with van der Waals surface area (Å²) < 4.78 is 2.06. The minimum atomic E-state index is -0.181. The summed E-state index contributed by atoms with van der Waals surface area (Å²) in [5, 5.41) is 6.48. The molecule has 1 atom stereocenters. The van der Waals surface area contributed by atoms with Crippen LogP contribution >= 0.6 is 0 Å². The summed E-state index contributed by atoms with van der Waals surface area (Å²) in [5.41, 5.74) is 1.31. The van der Waals surface area contributed by atoms with Gasteiger partial charge in [-0.05, 0) is 45.7 Å². The van der Waals surface area contributed by atoms with Crippen molar-refractivity contribution < 1.29 is 4.79 Å². The molecule has 0 spiro atoms. The van der Waals surface area contributed by atoms with E-state index in [1.54, 1.807) is 6.33 Å². The number of rotatable bonds is 4. The predicted octanol–water partition coefficient (Wildman–Crippen LogP) is 1.36. The number of amides is 1. The number of imidazole rings is 1. The number of hydrogen-bond acceptors (Lipinski definition) is 3. The number of carbonyl (C=O) groups is 1. The van der Waals surface area contributed by atoms with E-state index in [0.717, 1.165) is 38.8 Å². The van der Waals surface area contributed by atoms with Crippen LogP contribution in [0, 0.1) is 0 Å². The second-order valence-corrected chi connectivity index (χ2v) is 6.46. The average Bonchev–Trinajstić information content (AvgIpc) is 3.10. The molecule has 0 aromatic carbocycles. The Bertz CT molecular complexity index is 486. The molecule has 1 saturated carbocycles. The Kier molecular flexibility index (Phi) is 3.54. The lowest BCUT2D eigenvalue weighted by Gasteiger charge is -2.35. The Morgan fingerprint density at radius 3 is 2.85 bits per heavy atom. The van der Waals surface area contributed by atoms with E-state index in [2.05, 4.69) is 27.1 Å². The molecule has 110 valence electrons. The molecule has 1 aliphatic heterocycles. The van der Waals surface area contributed by atoms with Crippen LogP contribution in [0.4, 0.5) is 0 Å². The maximum Gasteiger partial charge on any atom is 0.243 e. The summed E-state index contributed by atoms with van der Waals surface area (Å²) in [6.45, 7) is 6.31. The van der Waals surface area contributed by atoms with Crippen molar-refractivity contribution in [2.24, 2.45) is 0 Å². The van der Waals surface area contributed by atoms with Gasteiger partial charge in [-0.15, -0.1) is 0 Å². The highest BCUT2D eigenvalue weighted by Gasteiger charge is 2.34. The van der Waals surface area contributed by atoms with Crippen LogP contribution in [0.25, 0.3) is 0 Å². The van der Waals surface area contributed by atoms with Crippen molar-refractivity contribution in [3.63, 3.8) is 0 Å². The van der Waals surface area contributed by atoms with Crippen molar-refractivity contribution in [1.29, 1.82) is 0 Å². The normalized spacial score (nSPS) is 23.3. The number of nitrogens with one attached hydrogen (secondary N) is 2. The van der Waals surface area contributed by atoms with E-state index in [1.165, 1.54) is 5.69 Å². The topological polar surface area (TPSA) is 59.0 Å². The summed E-state index contributed by atoms with van der Waals surface area (Å²) in [6, 6.07) is 0.228. The molecule has 1 unspecified atom stereocenters. The Morgan fingerprint density at radius 2 is 2.20 bits per heavy atom. The highest BCUT2D eigenvalue weighted by molar-refractivity contribution is 5.80. The van der Waals surface area contributed by atoms with E-state index in [4.69, 9.17) is 0 Å². The monoisotopic (exact) mass is 276 g/mol. The van der Waals surface area contributed by atoms with Crippen LogP contribution in [0.1, 0.15) is 51.3 Å². The Balaban J connectivity index is 1.79. The number of aromatic nitrogens is 2. The predicted molar refractivity (Wildman–Crippen MR) is 77.6 cm³/mol. The third-order valence-corrected chi connectivity index (χ3v) is 4.71. The summed E-state index contributed by atoms with van der Waals surface area (Å²) in [6.07, 6.45) is 8.18. The summed E-state index contributed by atoms with van der Waals surface area (Å²) in [7, 11) is 0. The molecule has 0 bridgehead atoms. The SMILES string of the molecule is CC(C(=O)NC1CC1)n1cncc1C1(C)CCNCC1. The molecule has 2 N–H and O–H groups in total. The second-order valence-electron chi connectivity index (χ2n) is 6.46. The van der Waals surface area contributed by atoms with E-state index in [0.29, 0.717) is 6.04 Å². The van der Waals surface area contributed by atoms with Gasteiger partial charge in [0, 0.05) is 23.3 Å². The number of nitrogens with zero attached hydrogens (tertiary/aromatic N) is 2. The highest BCUT2D eigenvalue weighted by Crippen LogP contribution is 2.34. The Hall–Kier alpha value is -1.36. The van der Waals surface area contributed by atoms with Crippen LogP contribution in [0.5, 0.6) is 0 Å². The van der Waals surface area contributed by atoms with Gasteiger partial charge in [-0.1, -0.05) is 6.92 Å². The molecule has 2 heterocycles. The van der Waals surface area contributed by atoms with Gasteiger partial charge in [0.05, 0.1) is 6.33 Å². The van der Waals surface area contributed by atoms with Crippen LogP contribution in [-0.4, -0.2) is 34.6 Å². The molecule has 1 amide bonds. The van der Waals surface area contributed by atoms with Crippen LogP contribution in [0.3, 0.4) is 0 Å². The molecular weight excluding hydrogens is 252 g/mol. The van der Waals surface area contributed by atoms with Crippen molar-refractivity contribution >= 4 is 5.91 Å². The van der Waals surface area contributed by atoms with Gasteiger partial charge in [0.1, 0.15) is 6.04 Å². The molecule has 20 heavy (non-hydrogen) atoms. The summed E-state index contributed by atoms with van der Waals surface area (Å²) >= 11 is 0. The van der Waals surface area contributed by atoms with Crippen molar-refractivity contribution in [3.8, 4) is 0 Å².